The van der Waals surface area contributed by atoms with E-state index in [2.05, 4.69) is 5.32 Å². The highest BCUT2D eigenvalue weighted by atomic mass is 35.5. The molecule has 0 radical (unpaired) electrons. The van der Waals surface area contributed by atoms with Gasteiger partial charge in [-0.2, -0.15) is 0 Å². The molecule has 0 saturated heterocycles. The number of carbonyl (C=O) groups excluding carboxylic acids is 2. The van der Waals surface area contributed by atoms with Crippen molar-refractivity contribution in [2.75, 3.05) is 0 Å². The number of carboxylic acid groups (broad SMARTS) is 1. The molecule has 1 amide bonds. The Morgan fingerprint density at radius 3 is 2.48 bits per heavy atom. The summed E-state index contributed by atoms with van der Waals surface area (Å²) in [5, 5.41) is 11.7. The molecule has 4 N–H and O–H groups in total. The number of halogens is 1. The lowest BCUT2D eigenvalue weighted by Crippen LogP contribution is -2.50. The molecule has 7 nitrogen and oxygen atoms in total. The van der Waals surface area contributed by atoms with Gasteiger partial charge in [0.2, 0.25) is 5.91 Å². The summed E-state index contributed by atoms with van der Waals surface area (Å²) in [5.41, 5.74) is 6.21. The molecule has 1 aromatic carbocycles. The molecule has 0 heterocycles. The predicted octanol–water partition coefficient (Wildman–Crippen LogP) is 1.89. The molecule has 138 valence electrons. The Balaban J connectivity index is 2.84. The summed E-state index contributed by atoms with van der Waals surface area (Å²) in [6.07, 6.45) is -0.192. The molecule has 2 atom stereocenters. The van der Waals surface area contributed by atoms with Crippen molar-refractivity contribution in [1.82, 2.24) is 5.32 Å². The van der Waals surface area contributed by atoms with Crippen LogP contribution in [0.4, 0.5) is 0 Å². The topological polar surface area (TPSA) is 119 Å². The normalized spacial score (nSPS) is 13.2. The van der Waals surface area contributed by atoms with Crippen molar-refractivity contribution >= 4 is 29.4 Å². The Morgan fingerprint density at radius 1 is 1.32 bits per heavy atom. The average Bonchev–Trinajstić information content (AvgIpc) is 2.48. The fourth-order valence-corrected chi connectivity index (χ4v) is 2.38. The van der Waals surface area contributed by atoms with Crippen LogP contribution in [0.3, 0.4) is 0 Å². The number of amides is 1. The van der Waals surface area contributed by atoms with Gasteiger partial charge in [0, 0.05) is 5.02 Å². The third-order valence-corrected chi connectivity index (χ3v) is 3.62. The van der Waals surface area contributed by atoms with E-state index < -0.39 is 36.4 Å². The van der Waals surface area contributed by atoms with Crippen molar-refractivity contribution in [3.63, 3.8) is 0 Å². The third kappa shape index (κ3) is 7.11. The number of aryl methyl sites for hydroxylation is 1. The Morgan fingerprint density at radius 2 is 1.96 bits per heavy atom. The van der Waals surface area contributed by atoms with Gasteiger partial charge in [0.25, 0.3) is 0 Å². The van der Waals surface area contributed by atoms with E-state index in [1.807, 2.05) is 13.8 Å². The Labute approximate surface area is 151 Å². The van der Waals surface area contributed by atoms with Gasteiger partial charge in [-0.3, -0.25) is 9.59 Å². The number of esters is 1. The first-order valence-electron chi connectivity index (χ1n) is 7.85. The SMILES string of the molecule is Cc1cc(Cl)ccc1OC(=O)[C@H](CC(C)C)NC(=O)[C@@H](N)CC(=O)O. The van der Waals surface area contributed by atoms with Crippen molar-refractivity contribution in [2.45, 2.75) is 45.7 Å². The van der Waals surface area contributed by atoms with Gasteiger partial charge in [-0.25, -0.2) is 4.79 Å². The van der Waals surface area contributed by atoms with Crippen LogP contribution in [0, 0.1) is 12.8 Å². The molecule has 0 unspecified atom stereocenters. The number of carboxylic acids is 1. The Bertz CT molecular complexity index is 648. The summed E-state index contributed by atoms with van der Waals surface area (Å²) < 4.78 is 5.36. The summed E-state index contributed by atoms with van der Waals surface area (Å²) in [6.45, 7) is 5.52. The van der Waals surface area contributed by atoms with E-state index in [1.165, 1.54) is 0 Å². The van der Waals surface area contributed by atoms with Crippen LogP contribution in [0.1, 0.15) is 32.3 Å². The smallest absolute Gasteiger partial charge is 0.334 e. The van der Waals surface area contributed by atoms with Gasteiger partial charge in [-0.1, -0.05) is 25.4 Å². The van der Waals surface area contributed by atoms with E-state index in [1.54, 1.807) is 25.1 Å². The van der Waals surface area contributed by atoms with Crippen molar-refractivity contribution in [3.8, 4) is 5.75 Å². The lowest BCUT2D eigenvalue weighted by atomic mass is 10.0. The maximum Gasteiger partial charge on any atom is 0.334 e. The van der Waals surface area contributed by atoms with Gasteiger partial charge in [-0.15, -0.1) is 0 Å². The molecule has 1 rings (SSSR count). The zero-order valence-electron chi connectivity index (χ0n) is 14.4. The number of nitrogens with two attached hydrogens (primary N) is 1. The monoisotopic (exact) mass is 370 g/mol. The maximum absolute atomic E-state index is 12.4. The van der Waals surface area contributed by atoms with Crippen molar-refractivity contribution in [3.05, 3.63) is 28.8 Å². The minimum Gasteiger partial charge on any atom is -0.481 e. The number of benzene rings is 1. The molecule has 0 aliphatic rings. The highest BCUT2D eigenvalue weighted by molar-refractivity contribution is 6.30. The minimum atomic E-state index is -1.24. The van der Waals surface area contributed by atoms with Crippen LogP contribution in [0.15, 0.2) is 18.2 Å². The maximum atomic E-state index is 12.4. The second-order valence-corrected chi connectivity index (χ2v) is 6.66. The molecule has 8 heteroatoms. The molecule has 0 aromatic heterocycles. The van der Waals surface area contributed by atoms with Crippen molar-refractivity contribution in [1.29, 1.82) is 0 Å². The fraction of sp³-hybridized carbons (Fsp3) is 0.471. The lowest BCUT2D eigenvalue weighted by molar-refractivity contribution is -0.141. The molecule has 0 saturated carbocycles. The number of hydrogen-bond acceptors (Lipinski definition) is 5. The summed E-state index contributed by atoms with van der Waals surface area (Å²) in [7, 11) is 0. The molecule has 0 bridgehead atoms. The number of nitrogens with one attached hydrogen (secondary N) is 1. The number of carbonyl (C=O) groups is 3. The van der Waals surface area contributed by atoms with Crippen LogP contribution in [-0.2, 0) is 14.4 Å². The number of ether oxygens (including phenoxy) is 1. The van der Waals surface area contributed by atoms with Crippen LogP contribution < -0.4 is 15.8 Å². The zero-order chi connectivity index (χ0) is 19.1. The first kappa shape index (κ1) is 20.9. The van der Waals surface area contributed by atoms with Crippen molar-refractivity contribution < 1.29 is 24.2 Å². The van der Waals surface area contributed by atoms with E-state index in [-0.39, 0.29) is 5.92 Å². The Kier molecular flexibility index (Phi) is 7.86. The molecular formula is C17H23ClN2O5. The first-order chi connectivity index (χ1) is 11.6. The molecule has 0 spiro atoms. The molecule has 1 aromatic rings. The standard InChI is InChI=1S/C17H23ClN2O5/c1-9(2)6-13(20-16(23)12(19)8-15(21)22)17(24)25-14-5-4-11(18)7-10(14)3/h4-5,7,9,12-13H,6,8,19H2,1-3H3,(H,20,23)(H,21,22)/t12-,13-/m0/s1. The quantitative estimate of drug-likeness (QED) is 0.475. The minimum absolute atomic E-state index is 0.0971. The zero-order valence-corrected chi connectivity index (χ0v) is 15.2. The average molecular weight is 371 g/mol. The predicted molar refractivity (Wildman–Crippen MR) is 93.4 cm³/mol. The highest BCUT2D eigenvalue weighted by Gasteiger charge is 2.27. The molecule has 0 aliphatic heterocycles. The van der Waals surface area contributed by atoms with E-state index in [0.717, 1.165) is 0 Å². The molecule has 25 heavy (non-hydrogen) atoms. The largest absolute Gasteiger partial charge is 0.481 e. The van der Waals surface area contributed by atoms with Crippen molar-refractivity contribution in [2.24, 2.45) is 11.7 Å². The van der Waals surface area contributed by atoms with Crippen LogP contribution in [0.25, 0.3) is 0 Å². The number of hydrogen-bond donors (Lipinski definition) is 3. The molecule has 0 aliphatic carbocycles. The number of rotatable bonds is 8. The van der Waals surface area contributed by atoms with Crippen LogP contribution in [0.5, 0.6) is 5.75 Å². The van der Waals surface area contributed by atoms with E-state index in [0.29, 0.717) is 22.8 Å². The molecular weight excluding hydrogens is 348 g/mol. The molecule has 0 fully saturated rings. The van der Waals surface area contributed by atoms with E-state index in [9.17, 15) is 14.4 Å². The van der Waals surface area contributed by atoms with Gasteiger partial charge in [0.05, 0.1) is 12.5 Å². The first-order valence-corrected chi connectivity index (χ1v) is 8.23. The lowest BCUT2D eigenvalue weighted by Gasteiger charge is -2.21. The second kappa shape index (κ2) is 9.39. The van der Waals surface area contributed by atoms with Gasteiger partial charge in [-0.05, 0) is 43.0 Å². The summed E-state index contributed by atoms with van der Waals surface area (Å²) in [5.74, 6) is -2.11. The summed E-state index contributed by atoms with van der Waals surface area (Å²) in [6, 6.07) is 2.65. The third-order valence-electron chi connectivity index (χ3n) is 3.39. The van der Waals surface area contributed by atoms with Crippen LogP contribution in [0.2, 0.25) is 5.02 Å². The van der Waals surface area contributed by atoms with Gasteiger partial charge < -0.3 is 20.9 Å². The van der Waals surface area contributed by atoms with Gasteiger partial charge in [0.1, 0.15) is 11.8 Å². The summed E-state index contributed by atoms with van der Waals surface area (Å²) >= 11 is 5.87. The highest BCUT2D eigenvalue weighted by Crippen LogP contribution is 2.22. The van der Waals surface area contributed by atoms with Crippen LogP contribution >= 0.6 is 11.6 Å². The second-order valence-electron chi connectivity index (χ2n) is 6.23. The van der Waals surface area contributed by atoms with E-state index >= 15 is 0 Å². The Hall–Kier alpha value is -2.12. The summed E-state index contributed by atoms with van der Waals surface area (Å²) in [4.78, 5) is 35.1. The van der Waals surface area contributed by atoms with Crippen LogP contribution in [-0.4, -0.2) is 35.0 Å². The fourth-order valence-electron chi connectivity index (χ4n) is 2.15. The number of aliphatic carboxylic acids is 1. The van der Waals surface area contributed by atoms with Gasteiger partial charge in [0.15, 0.2) is 0 Å². The van der Waals surface area contributed by atoms with E-state index in [4.69, 9.17) is 27.2 Å². The van der Waals surface area contributed by atoms with Gasteiger partial charge >= 0.3 is 11.9 Å².